The molecule has 0 saturated heterocycles. The standard InChI is InChI=1S/C15H12N6/c1-2-14(20-7-4-17-11-20)15(21-8-5-18-12-21)9-13(1)19-6-3-16-10-19/h1-12H. The second-order valence-corrected chi connectivity index (χ2v) is 4.58. The Labute approximate surface area is 121 Å². The summed E-state index contributed by atoms with van der Waals surface area (Å²) in [6.07, 6.45) is 16.4. The smallest absolute Gasteiger partial charge is 0.0992 e. The van der Waals surface area contributed by atoms with Gasteiger partial charge in [-0.25, -0.2) is 15.0 Å². The molecule has 3 aromatic heterocycles. The van der Waals surface area contributed by atoms with Crippen molar-refractivity contribution in [3.05, 3.63) is 74.4 Å². The van der Waals surface area contributed by atoms with Gasteiger partial charge >= 0.3 is 0 Å². The highest BCUT2D eigenvalue weighted by atomic mass is 15.1. The first kappa shape index (κ1) is 11.7. The molecule has 0 spiro atoms. The molecule has 0 aliphatic carbocycles. The maximum atomic E-state index is 4.13. The number of aromatic nitrogens is 6. The van der Waals surface area contributed by atoms with E-state index in [2.05, 4.69) is 33.2 Å². The molecule has 0 N–H and O–H groups in total. The van der Waals surface area contributed by atoms with E-state index in [1.165, 1.54) is 0 Å². The summed E-state index contributed by atoms with van der Waals surface area (Å²) in [5, 5.41) is 0. The van der Waals surface area contributed by atoms with Crippen molar-refractivity contribution in [1.29, 1.82) is 0 Å². The Balaban J connectivity index is 1.92. The zero-order valence-electron chi connectivity index (χ0n) is 11.1. The third kappa shape index (κ3) is 2.02. The molecule has 0 unspecified atom stereocenters. The molecule has 0 bridgehead atoms. The van der Waals surface area contributed by atoms with E-state index in [0.717, 1.165) is 17.1 Å². The van der Waals surface area contributed by atoms with Crippen LogP contribution in [0.1, 0.15) is 0 Å². The quantitative estimate of drug-likeness (QED) is 0.576. The Morgan fingerprint density at radius 2 is 1.19 bits per heavy atom. The van der Waals surface area contributed by atoms with E-state index >= 15 is 0 Å². The molecule has 21 heavy (non-hydrogen) atoms. The third-order valence-corrected chi connectivity index (χ3v) is 3.33. The van der Waals surface area contributed by atoms with E-state index in [1.807, 2.05) is 32.3 Å². The van der Waals surface area contributed by atoms with Gasteiger partial charge in [0.1, 0.15) is 0 Å². The summed E-state index contributed by atoms with van der Waals surface area (Å²) in [5.41, 5.74) is 3.10. The van der Waals surface area contributed by atoms with Crippen molar-refractivity contribution >= 4 is 0 Å². The molecule has 0 aliphatic heterocycles. The SMILES string of the molecule is c1cn(-c2ccc(-n3ccnc3)c(-n3ccnc3)c2)cn1. The molecule has 6 heteroatoms. The summed E-state index contributed by atoms with van der Waals surface area (Å²) in [7, 11) is 0. The van der Waals surface area contributed by atoms with Gasteiger partial charge in [0.15, 0.2) is 0 Å². The van der Waals surface area contributed by atoms with Gasteiger partial charge in [-0.05, 0) is 18.2 Å². The van der Waals surface area contributed by atoms with E-state index in [9.17, 15) is 0 Å². The van der Waals surface area contributed by atoms with Gasteiger partial charge in [0.05, 0.1) is 30.4 Å². The first-order chi connectivity index (χ1) is 10.4. The van der Waals surface area contributed by atoms with Crippen LogP contribution >= 0.6 is 0 Å². The van der Waals surface area contributed by atoms with Gasteiger partial charge in [-0.1, -0.05) is 0 Å². The Bertz CT molecular complexity index is 829. The zero-order chi connectivity index (χ0) is 14.1. The predicted octanol–water partition coefficient (Wildman–Crippen LogP) is 2.24. The first-order valence-electron chi connectivity index (χ1n) is 6.51. The van der Waals surface area contributed by atoms with Gasteiger partial charge in [0.25, 0.3) is 0 Å². The minimum Gasteiger partial charge on any atom is -0.306 e. The van der Waals surface area contributed by atoms with Gasteiger partial charge in [0.2, 0.25) is 0 Å². The summed E-state index contributed by atoms with van der Waals surface area (Å²) in [6.45, 7) is 0. The molecular formula is C15H12N6. The summed E-state index contributed by atoms with van der Waals surface area (Å²) in [6, 6.07) is 6.21. The van der Waals surface area contributed by atoms with Crippen molar-refractivity contribution in [2.24, 2.45) is 0 Å². The fraction of sp³-hybridized carbons (Fsp3) is 0. The number of hydrogen-bond acceptors (Lipinski definition) is 3. The van der Waals surface area contributed by atoms with Crippen LogP contribution in [0.2, 0.25) is 0 Å². The number of hydrogen-bond donors (Lipinski definition) is 0. The largest absolute Gasteiger partial charge is 0.306 e. The second kappa shape index (κ2) is 4.75. The molecular weight excluding hydrogens is 264 g/mol. The summed E-state index contributed by atoms with van der Waals surface area (Å²) < 4.78 is 5.93. The normalized spacial score (nSPS) is 10.9. The second-order valence-electron chi connectivity index (χ2n) is 4.58. The van der Waals surface area contributed by atoms with Crippen molar-refractivity contribution in [3.8, 4) is 17.1 Å². The number of benzene rings is 1. The van der Waals surface area contributed by atoms with Crippen LogP contribution in [0.4, 0.5) is 0 Å². The van der Waals surface area contributed by atoms with Crippen LogP contribution in [0.3, 0.4) is 0 Å². The molecule has 0 amide bonds. The number of rotatable bonds is 3. The first-order valence-corrected chi connectivity index (χ1v) is 6.51. The maximum absolute atomic E-state index is 4.13. The molecule has 0 saturated carbocycles. The van der Waals surface area contributed by atoms with Crippen LogP contribution in [0, 0.1) is 0 Å². The van der Waals surface area contributed by atoms with E-state index in [-0.39, 0.29) is 0 Å². The van der Waals surface area contributed by atoms with Gasteiger partial charge < -0.3 is 13.7 Å². The van der Waals surface area contributed by atoms with Crippen LogP contribution in [0.25, 0.3) is 17.1 Å². The van der Waals surface area contributed by atoms with Crippen LogP contribution < -0.4 is 0 Å². The topological polar surface area (TPSA) is 53.5 Å². The number of imidazole rings is 3. The fourth-order valence-electron chi connectivity index (χ4n) is 2.31. The molecule has 6 nitrogen and oxygen atoms in total. The molecule has 4 rings (SSSR count). The Morgan fingerprint density at radius 3 is 1.76 bits per heavy atom. The molecule has 1 aromatic carbocycles. The minimum absolute atomic E-state index is 1.02. The third-order valence-electron chi connectivity index (χ3n) is 3.33. The van der Waals surface area contributed by atoms with Gasteiger partial charge in [-0.2, -0.15) is 0 Å². The highest BCUT2D eigenvalue weighted by molar-refractivity contribution is 5.58. The maximum Gasteiger partial charge on any atom is 0.0992 e. The fourth-order valence-corrected chi connectivity index (χ4v) is 2.31. The van der Waals surface area contributed by atoms with Crippen molar-refractivity contribution in [2.75, 3.05) is 0 Å². The molecule has 102 valence electrons. The van der Waals surface area contributed by atoms with Crippen molar-refractivity contribution in [3.63, 3.8) is 0 Å². The molecule has 0 atom stereocenters. The van der Waals surface area contributed by atoms with Gasteiger partial charge in [-0.15, -0.1) is 0 Å². The highest BCUT2D eigenvalue weighted by Gasteiger charge is 2.08. The van der Waals surface area contributed by atoms with Crippen LogP contribution in [0.5, 0.6) is 0 Å². The lowest BCUT2D eigenvalue weighted by Gasteiger charge is -2.13. The van der Waals surface area contributed by atoms with E-state index < -0.39 is 0 Å². The molecule has 4 aromatic rings. The van der Waals surface area contributed by atoms with Gasteiger partial charge in [0, 0.05) is 42.9 Å². The average molecular weight is 276 g/mol. The Kier molecular flexibility index (Phi) is 2.64. The zero-order valence-corrected chi connectivity index (χ0v) is 11.1. The van der Waals surface area contributed by atoms with Crippen LogP contribution in [-0.2, 0) is 0 Å². The van der Waals surface area contributed by atoms with E-state index in [1.54, 1.807) is 37.6 Å². The minimum atomic E-state index is 1.02. The summed E-state index contributed by atoms with van der Waals surface area (Å²) in [4.78, 5) is 12.3. The lowest BCUT2D eigenvalue weighted by Crippen LogP contribution is -2.02. The van der Waals surface area contributed by atoms with E-state index in [4.69, 9.17) is 0 Å². The van der Waals surface area contributed by atoms with Crippen molar-refractivity contribution in [1.82, 2.24) is 28.7 Å². The van der Waals surface area contributed by atoms with Crippen LogP contribution in [-0.4, -0.2) is 28.7 Å². The van der Waals surface area contributed by atoms with E-state index in [0.29, 0.717) is 0 Å². The lowest BCUT2D eigenvalue weighted by atomic mass is 10.2. The molecule has 0 aliphatic rings. The lowest BCUT2D eigenvalue weighted by molar-refractivity contribution is 0.971. The molecule has 0 radical (unpaired) electrons. The van der Waals surface area contributed by atoms with Crippen molar-refractivity contribution < 1.29 is 0 Å². The highest BCUT2D eigenvalue weighted by Crippen LogP contribution is 2.22. The summed E-state index contributed by atoms with van der Waals surface area (Å²) >= 11 is 0. The van der Waals surface area contributed by atoms with Crippen LogP contribution in [0.15, 0.2) is 74.4 Å². The van der Waals surface area contributed by atoms with Gasteiger partial charge in [-0.3, -0.25) is 0 Å². The average Bonchev–Trinajstić information content (AvgIpc) is 3.28. The Morgan fingerprint density at radius 1 is 0.619 bits per heavy atom. The van der Waals surface area contributed by atoms with Crippen molar-refractivity contribution in [2.45, 2.75) is 0 Å². The summed E-state index contributed by atoms with van der Waals surface area (Å²) in [5.74, 6) is 0. The Hall–Kier alpha value is -3.15. The molecule has 0 fully saturated rings. The number of nitrogens with zero attached hydrogens (tertiary/aromatic N) is 6. The predicted molar refractivity (Wildman–Crippen MR) is 77.8 cm³/mol. The molecule has 3 heterocycles. The monoisotopic (exact) mass is 276 g/mol.